The van der Waals surface area contributed by atoms with E-state index in [4.69, 9.17) is 31.2 Å². The number of hydrogen-bond acceptors (Lipinski definition) is 6. The fraction of sp³-hybridized carbons (Fsp3) is 0.240. The predicted octanol–water partition coefficient (Wildman–Crippen LogP) is 5.35. The summed E-state index contributed by atoms with van der Waals surface area (Å²) in [6.07, 6.45) is 5.45. The molecule has 0 fully saturated rings. The third kappa shape index (κ3) is 5.59. The summed E-state index contributed by atoms with van der Waals surface area (Å²) in [5, 5.41) is 6.78. The maximum atomic E-state index is 12.4. The minimum Gasteiger partial charge on any atom is -0.497 e. The number of nitrogens with zero attached hydrogens (tertiary/aromatic N) is 1. The molecular weight excluding hydrogens is 506 g/mol. The van der Waals surface area contributed by atoms with Crippen molar-refractivity contribution in [3.05, 3.63) is 71.8 Å². The van der Waals surface area contributed by atoms with Gasteiger partial charge in [0.1, 0.15) is 16.2 Å². The molecular formula is C25H26ClN3O4S2. The third-order valence-corrected chi connectivity index (χ3v) is 8.74. The summed E-state index contributed by atoms with van der Waals surface area (Å²) < 4.78 is 34.2. The second-order valence-corrected chi connectivity index (χ2v) is 11.5. The zero-order valence-electron chi connectivity index (χ0n) is 19.3. The van der Waals surface area contributed by atoms with Crippen LogP contribution in [0.1, 0.15) is 12.8 Å². The normalized spacial score (nSPS) is 17.8. The van der Waals surface area contributed by atoms with E-state index < -0.39 is 14.8 Å². The van der Waals surface area contributed by atoms with Gasteiger partial charge in [0.2, 0.25) is 10.0 Å². The van der Waals surface area contributed by atoms with Crippen LogP contribution >= 0.6 is 23.4 Å². The van der Waals surface area contributed by atoms with Crippen LogP contribution in [0, 0.1) is 0 Å². The topological polar surface area (TPSA) is 107 Å². The zero-order chi connectivity index (χ0) is 25.1. The van der Waals surface area contributed by atoms with Gasteiger partial charge in [-0.2, -0.15) is 0 Å². The number of thioether (sulfide) groups is 1. The summed E-state index contributed by atoms with van der Waals surface area (Å²) in [7, 11) is -0.572. The molecule has 0 amide bonds. The van der Waals surface area contributed by atoms with Gasteiger partial charge in [0.05, 0.1) is 25.6 Å². The number of nitrogens with two attached hydrogens (primary N) is 1. The molecule has 35 heavy (non-hydrogen) atoms. The van der Waals surface area contributed by atoms with Gasteiger partial charge in [0.25, 0.3) is 0 Å². The molecule has 10 heteroatoms. The van der Waals surface area contributed by atoms with Crippen LogP contribution in [0.25, 0.3) is 22.5 Å². The van der Waals surface area contributed by atoms with Crippen LogP contribution in [0.2, 0.25) is 0 Å². The second kappa shape index (κ2) is 10.5. The van der Waals surface area contributed by atoms with E-state index in [0.717, 1.165) is 34.0 Å². The largest absolute Gasteiger partial charge is 0.497 e. The van der Waals surface area contributed by atoms with Crippen LogP contribution in [-0.4, -0.2) is 43.1 Å². The second-order valence-electron chi connectivity index (χ2n) is 8.06. The van der Waals surface area contributed by atoms with Gasteiger partial charge in [-0.05, 0) is 67.4 Å². The SMILES string of the molecule is COc1ccc(-c2nc(SCCC3(S(N)(=O)=O)C=CC(Cl)=CC3)[nH]c2-c2ccc(OC)cc2)cc1. The lowest BCUT2D eigenvalue weighted by atomic mass is 9.97. The van der Waals surface area contributed by atoms with E-state index in [1.54, 1.807) is 32.4 Å². The van der Waals surface area contributed by atoms with E-state index >= 15 is 0 Å². The summed E-state index contributed by atoms with van der Waals surface area (Å²) >= 11 is 7.45. The van der Waals surface area contributed by atoms with Crippen molar-refractivity contribution in [2.24, 2.45) is 5.14 Å². The number of aromatic amines is 1. The molecule has 3 N–H and O–H groups in total. The van der Waals surface area contributed by atoms with Crippen molar-refractivity contribution < 1.29 is 17.9 Å². The Morgan fingerprint density at radius 3 is 2.17 bits per heavy atom. The summed E-state index contributed by atoms with van der Waals surface area (Å²) in [5.74, 6) is 2.01. The minimum atomic E-state index is -3.83. The maximum absolute atomic E-state index is 12.4. The Labute approximate surface area is 214 Å². The molecule has 0 saturated carbocycles. The number of benzene rings is 2. The number of halogens is 1. The molecule has 1 atom stereocenters. The number of ether oxygens (including phenoxy) is 2. The molecule has 1 aromatic heterocycles. The van der Waals surface area contributed by atoms with E-state index in [2.05, 4.69) is 4.98 Å². The van der Waals surface area contributed by atoms with Crippen molar-refractivity contribution >= 4 is 33.4 Å². The van der Waals surface area contributed by atoms with Gasteiger partial charge < -0.3 is 14.5 Å². The summed E-state index contributed by atoms with van der Waals surface area (Å²) in [6, 6.07) is 15.4. The number of primary sulfonamides is 1. The van der Waals surface area contributed by atoms with Crippen molar-refractivity contribution in [2.75, 3.05) is 20.0 Å². The highest BCUT2D eigenvalue weighted by Gasteiger charge is 2.39. The molecule has 2 aromatic carbocycles. The summed E-state index contributed by atoms with van der Waals surface area (Å²) in [6.45, 7) is 0. The Morgan fingerprint density at radius 2 is 1.66 bits per heavy atom. The van der Waals surface area contributed by atoms with Gasteiger partial charge in [-0.15, -0.1) is 0 Å². The van der Waals surface area contributed by atoms with Crippen molar-refractivity contribution in [1.82, 2.24) is 9.97 Å². The number of sulfonamides is 1. The Balaban J connectivity index is 1.61. The molecule has 0 radical (unpaired) electrons. The fourth-order valence-electron chi connectivity index (χ4n) is 3.84. The maximum Gasteiger partial charge on any atom is 0.218 e. The lowest BCUT2D eigenvalue weighted by molar-refractivity contribution is 0.414. The van der Waals surface area contributed by atoms with Crippen molar-refractivity contribution in [3.63, 3.8) is 0 Å². The number of rotatable bonds is 9. The van der Waals surface area contributed by atoms with E-state index in [0.29, 0.717) is 22.4 Å². The Morgan fingerprint density at radius 1 is 1.06 bits per heavy atom. The Kier molecular flexibility index (Phi) is 7.61. The zero-order valence-corrected chi connectivity index (χ0v) is 21.7. The molecule has 0 saturated heterocycles. The number of aromatic nitrogens is 2. The average Bonchev–Trinajstić information content (AvgIpc) is 3.29. The first-order chi connectivity index (χ1) is 16.7. The van der Waals surface area contributed by atoms with Crippen LogP contribution in [0.15, 0.2) is 76.9 Å². The molecule has 1 aliphatic carbocycles. The lowest BCUT2D eigenvalue weighted by Gasteiger charge is -2.29. The number of H-pyrrole nitrogens is 1. The molecule has 1 unspecified atom stereocenters. The smallest absolute Gasteiger partial charge is 0.218 e. The van der Waals surface area contributed by atoms with Gasteiger partial charge in [-0.3, -0.25) is 0 Å². The van der Waals surface area contributed by atoms with Crippen LogP contribution < -0.4 is 14.6 Å². The first-order valence-corrected chi connectivity index (χ1v) is 13.7. The molecule has 0 aliphatic heterocycles. The van der Waals surface area contributed by atoms with Gasteiger partial charge in [0.15, 0.2) is 5.16 Å². The van der Waals surface area contributed by atoms with Crippen LogP contribution in [0.5, 0.6) is 11.5 Å². The van der Waals surface area contributed by atoms with E-state index in [9.17, 15) is 8.42 Å². The van der Waals surface area contributed by atoms with Crippen molar-refractivity contribution in [2.45, 2.75) is 22.7 Å². The Hall–Kier alpha value is -2.72. The van der Waals surface area contributed by atoms with Gasteiger partial charge in [0, 0.05) is 21.9 Å². The van der Waals surface area contributed by atoms with Gasteiger partial charge in [-0.1, -0.05) is 35.5 Å². The molecule has 1 aliphatic rings. The molecule has 184 valence electrons. The Bertz CT molecular complexity index is 1290. The molecule has 7 nitrogen and oxygen atoms in total. The number of imidazole rings is 1. The summed E-state index contributed by atoms with van der Waals surface area (Å²) in [4.78, 5) is 8.24. The van der Waals surface area contributed by atoms with Gasteiger partial charge >= 0.3 is 0 Å². The van der Waals surface area contributed by atoms with Gasteiger partial charge in [-0.25, -0.2) is 18.5 Å². The standard InChI is InChI=1S/C25H26ClN3O4S2/c1-32-20-7-3-17(4-8-20)22-23(18-5-9-21(33-2)10-6-18)29-24(28-22)34-16-15-25(35(27,30)31)13-11-19(26)12-14-25/h3-13H,14-16H2,1-2H3,(H,28,29)(H2,27,30,31). The highest BCUT2D eigenvalue weighted by molar-refractivity contribution is 7.99. The molecule has 4 rings (SSSR count). The van der Waals surface area contributed by atoms with E-state index in [1.165, 1.54) is 11.8 Å². The van der Waals surface area contributed by atoms with Crippen LogP contribution in [0.3, 0.4) is 0 Å². The van der Waals surface area contributed by atoms with Crippen molar-refractivity contribution in [3.8, 4) is 34.0 Å². The number of allylic oxidation sites excluding steroid dienone is 3. The molecule has 0 spiro atoms. The first kappa shape index (κ1) is 25.4. The highest BCUT2D eigenvalue weighted by Crippen LogP contribution is 2.37. The first-order valence-electron chi connectivity index (χ1n) is 10.8. The molecule has 0 bridgehead atoms. The number of methoxy groups -OCH3 is 2. The summed E-state index contributed by atoms with van der Waals surface area (Å²) in [5.41, 5.74) is 3.52. The third-order valence-electron chi connectivity index (χ3n) is 5.94. The minimum absolute atomic E-state index is 0.244. The number of nitrogens with one attached hydrogen (secondary N) is 1. The molecule has 3 aromatic rings. The quantitative estimate of drug-likeness (QED) is 0.360. The van der Waals surface area contributed by atoms with Crippen LogP contribution in [-0.2, 0) is 10.0 Å². The van der Waals surface area contributed by atoms with Crippen molar-refractivity contribution in [1.29, 1.82) is 0 Å². The van der Waals surface area contributed by atoms with Crippen LogP contribution in [0.4, 0.5) is 0 Å². The number of hydrogen-bond donors (Lipinski definition) is 2. The van der Waals surface area contributed by atoms with E-state index in [-0.39, 0.29) is 6.42 Å². The monoisotopic (exact) mass is 531 g/mol. The average molecular weight is 532 g/mol. The molecule has 1 heterocycles. The fourth-order valence-corrected chi connectivity index (χ4v) is 6.06. The highest BCUT2D eigenvalue weighted by atomic mass is 35.5. The predicted molar refractivity (Wildman–Crippen MR) is 141 cm³/mol. The lowest BCUT2D eigenvalue weighted by Crippen LogP contribution is -2.42. The van der Waals surface area contributed by atoms with E-state index in [1.807, 2.05) is 48.5 Å².